The van der Waals surface area contributed by atoms with Crippen LogP contribution in [0.5, 0.6) is 0 Å². The van der Waals surface area contributed by atoms with Crippen LogP contribution in [0, 0.1) is 16.0 Å². The van der Waals surface area contributed by atoms with Crippen LogP contribution in [-0.4, -0.2) is 22.2 Å². The van der Waals surface area contributed by atoms with E-state index in [1.54, 1.807) is 13.0 Å². The minimum Gasteiger partial charge on any atom is -0.389 e. The van der Waals surface area contributed by atoms with Gasteiger partial charge in [-0.1, -0.05) is 19.9 Å². The van der Waals surface area contributed by atoms with Gasteiger partial charge in [0, 0.05) is 19.2 Å². The van der Waals surface area contributed by atoms with Crippen molar-refractivity contribution in [2.75, 3.05) is 6.54 Å². The molecule has 0 heterocycles. The van der Waals surface area contributed by atoms with Gasteiger partial charge in [0.2, 0.25) is 0 Å². The Labute approximate surface area is 127 Å². The lowest BCUT2D eigenvalue weighted by molar-refractivity contribution is -0.385. The summed E-state index contributed by atoms with van der Waals surface area (Å²) in [4.78, 5) is 10.4. The van der Waals surface area contributed by atoms with Gasteiger partial charge in [-0.2, -0.15) is 0 Å². The number of rotatable bonds is 7. The van der Waals surface area contributed by atoms with E-state index >= 15 is 0 Å². The molecule has 0 amide bonds. The highest BCUT2D eigenvalue weighted by atomic mass is 79.9. The van der Waals surface area contributed by atoms with E-state index in [4.69, 9.17) is 0 Å². The van der Waals surface area contributed by atoms with E-state index in [1.165, 1.54) is 6.07 Å². The summed E-state index contributed by atoms with van der Waals surface area (Å²) in [5.74, 6) is 0.417. The maximum Gasteiger partial charge on any atom is 0.283 e. The highest BCUT2D eigenvalue weighted by Gasteiger charge is 2.21. The van der Waals surface area contributed by atoms with Crippen LogP contribution in [-0.2, 0) is 6.54 Å². The standard InChI is InChI=1S/C14H21BrN2O3/c1-10(2)7-14(3,18)9-16-8-11-4-5-12(15)13(6-11)17(19)20/h4-6,10,16,18H,7-9H2,1-3H3. The lowest BCUT2D eigenvalue weighted by Gasteiger charge is -2.25. The molecule has 0 spiro atoms. The topological polar surface area (TPSA) is 75.4 Å². The van der Waals surface area contributed by atoms with Gasteiger partial charge in [0.1, 0.15) is 0 Å². The molecule has 0 aliphatic rings. The largest absolute Gasteiger partial charge is 0.389 e. The smallest absolute Gasteiger partial charge is 0.283 e. The average Bonchev–Trinajstić information content (AvgIpc) is 2.28. The van der Waals surface area contributed by atoms with E-state index in [9.17, 15) is 15.2 Å². The van der Waals surface area contributed by atoms with Crippen molar-refractivity contribution in [3.05, 3.63) is 38.3 Å². The van der Waals surface area contributed by atoms with E-state index in [-0.39, 0.29) is 5.69 Å². The first-order valence-electron chi connectivity index (χ1n) is 6.57. The lowest BCUT2D eigenvalue weighted by atomic mass is 9.94. The van der Waals surface area contributed by atoms with Crippen LogP contribution >= 0.6 is 15.9 Å². The summed E-state index contributed by atoms with van der Waals surface area (Å²) in [5.41, 5.74) is 0.105. The van der Waals surface area contributed by atoms with Crippen molar-refractivity contribution in [2.45, 2.75) is 39.3 Å². The number of nitrogens with zero attached hydrogens (tertiary/aromatic N) is 1. The molecule has 5 nitrogen and oxygen atoms in total. The summed E-state index contributed by atoms with van der Waals surface area (Å²) >= 11 is 3.16. The monoisotopic (exact) mass is 344 g/mol. The second-order valence-corrected chi connectivity index (χ2v) is 6.60. The molecular weight excluding hydrogens is 324 g/mol. The number of halogens is 1. The molecule has 6 heteroatoms. The van der Waals surface area contributed by atoms with E-state index in [0.29, 0.717) is 29.9 Å². The molecule has 0 saturated carbocycles. The zero-order chi connectivity index (χ0) is 15.3. The van der Waals surface area contributed by atoms with Gasteiger partial charge in [-0.05, 0) is 46.8 Å². The number of aliphatic hydroxyl groups is 1. The first-order chi connectivity index (χ1) is 9.21. The Balaban J connectivity index is 2.58. The molecule has 1 unspecified atom stereocenters. The van der Waals surface area contributed by atoms with E-state index in [1.807, 2.05) is 6.07 Å². The quantitative estimate of drug-likeness (QED) is 0.588. The maximum atomic E-state index is 10.8. The summed E-state index contributed by atoms with van der Waals surface area (Å²) < 4.78 is 0.470. The predicted octanol–water partition coefficient (Wildman–Crippen LogP) is 3.24. The van der Waals surface area contributed by atoms with Gasteiger partial charge >= 0.3 is 0 Å². The van der Waals surface area contributed by atoms with Crippen molar-refractivity contribution in [3.63, 3.8) is 0 Å². The van der Waals surface area contributed by atoms with Crippen LogP contribution in [0.1, 0.15) is 32.8 Å². The van der Waals surface area contributed by atoms with Gasteiger partial charge in [-0.25, -0.2) is 0 Å². The SMILES string of the molecule is CC(C)CC(C)(O)CNCc1ccc(Br)c([N+](=O)[O-])c1. The van der Waals surface area contributed by atoms with Gasteiger partial charge in [-0.3, -0.25) is 10.1 Å². The second-order valence-electron chi connectivity index (χ2n) is 5.74. The number of nitro groups is 1. The van der Waals surface area contributed by atoms with Crippen molar-refractivity contribution in [1.29, 1.82) is 0 Å². The molecule has 1 aromatic carbocycles. The third kappa shape index (κ3) is 5.56. The average molecular weight is 345 g/mol. The number of nitro benzene ring substituents is 1. The van der Waals surface area contributed by atoms with Gasteiger partial charge in [0.05, 0.1) is 15.0 Å². The number of hydrogen-bond acceptors (Lipinski definition) is 4. The summed E-state index contributed by atoms with van der Waals surface area (Å²) in [5, 5.41) is 24.2. The minimum atomic E-state index is -0.768. The zero-order valence-corrected chi connectivity index (χ0v) is 13.6. The van der Waals surface area contributed by atoms with Crippen molar-refractivity contribution in [1.82, 2.24) is 5.32 Å². The van der Waals surface area contributed by atoms with Gasteiger partial charge in [0.25, 0.3) is 5.69 Å². The van der Waals surface area contributed by atoms with E-state index in [0.717, 1.165) is 5.56 Å². The molecule has 1 aromatic rings. The Morgan fingerprint density at radius 2 is 2.15 bits per heavy atom. The molecule has 0 aromatic heterocycles. The van der Waals surface area contributed by atoms with Gasteiger partial charge in [-0.15, -0.1) is 0 Å². The highest BCUT2D eigenvalue weighted by Crippen LogP contribution is 2.25. The summed E-state index contributed by atoms with van der Waals surface area (Å²) in [6, 6.07) is 5.02. The summed E-state index contributed by atoms with van der Waals surface area (Å²) in [7, 11) is 0. The maximum absolute atomic E-state index is 10.8. The molecule has 0 saturated heterocycles. The molecule has 112 valence electrons. The Kier molecular flexibility index (Phi) is 6.10. The lowest BCUT2D eigenvalue weighted by Crippen LogP contribution is -2.38. The number of benzene rings is 1. The Bertz CT molecular complexity index is 475. The molecule has 2 N–H and O–H groups in total. The number of hydrogen-bond donors (Lipinski definition) is 2. The Hall–Kier alpha value is -0.980. The van der Waals surface area contributed by atoms with Crippen LogP contribution in [0.25, 0.3) is 0 Å². The second kappa shape index (κ2) is 7.15. The Morgan fingerprint density at radius 3 is 2.70 bits per heavy atom. The highest BCUT2D eigenvalue weighted by molar-refractivity contribution is 9.10. The van der Waals surface area contributed by atoms with E-state index in [2.05, 4.69) is 35.1 Å². The Morgan fingerprint density at radius 1 is 1.50 bits per heavy atom. The first-order valence-corrected chi connectivity index (χ1v) is 7.36. The predicted molar refractivity (Wildman–Crippen MR) is 82.6 cm³/mol. The van der Waals surface area contributed by atoms with Crippen molar-refractivity contribution in [3.8, 4) is 0 Å². The van der Waals surface area contributed by atoms with Crippen LogP contribution in [0.4, 0.5) is 5.69 Å². The summed E-state index contributed by atoms with van der Waals surface area (Å²) in [6.45, 7) is 6.86. The van der Waals surface area contributed by atoms with Gasteiger partial charge < -0.3 is 10.4 Å². The first kappa shape index (κ1) is 17.1. The van der Waals surface area contributed by atoms with Crippen LogP contribution in [0.15, 0.2) is 22.7 Å². The fourth-order valence-electron chi connectivity index (χ4n) is 2.24. The third-order valence-electron chi connectivity index (χ3n) is 2.89. The van der Waals surface area contributed by atoms with Crippen LogP contribution in [0.3, 0.4) is 0 Å². The molecule has 20 heavy (non-hydrogen) atoms. The van der Waals surface area contributed by atoms with Crippen molar-refractivity contribution < 1.29 is 10.0 Å². The normalized spacial score (nSPS) is 14.3. The molecular formula is C14H21BrN2O3. The van der Waals surface area contributed by atoms with Crippen LogP contribution < -0.4 is 5.32 Å². The van der Waals surface area contributed by atoms with E-state index < -0.39 is 10.5 Å². The molecule has 0 radical (unpaired) electrons. The molecule has 1 rings (SSSR count). The summed E-state index contributed by atoms with van der Waals surface area (Å²) in [6.07, 6.45) is 0.709. The molecule has 0 aliphatic carbocycles. The minimum absolute atomic E-state index is 0.0539. The molecule has 0 bridgehead atoms. The van der Waals surface area contributed by atoms with Crippen molar-refractivity contribution >= 4 is 21.6 Å². The third-order valence-corrected chi connectivity index (χ3v) is 3.56. The molecule has 1 atom stereocenters. The molecule has 0 aliphatic heterocycles. The fraction of sp³-hybridized carbons (Fsp3) is 0.571. The van der Waals surface area contributed by atoms with Gasteiger partial charge in [0.15, 0.2) is 0 Å². The molecule has 0 fully saturated rings. The van der Waals surface area contributed by atoms with Crippen molar-refractivity contribution in [2.24, 2.45) is 5.92 Å². The van der Waals surface area contributed by atoms with Crippen LogP contribution in [0.2, 0.25) is 0 Å². The fourth-order valence-corrected chi connectivity index (χ4v) is 2.63. The zero-order valence-electron chi connectivity index (χ0n) is 12.0. The number of nitrogens with one attached hydrogen (secondary N) is 1.